The predicted octanol–water partition coefficient (Wildman–Crippen LogP) is 2.73. The summed E-state index contributed by atoms with van der Waals surface area (Å²) in [4.78, 5) is 26.4. The molecule has 7 heteroatoms. The number of aromatic carboxylic acids is 1. The van der Waals surface area contributed by atoms with Gasteiger partial charge in [-0.3, -0.25) is 0 Å². The summed E-state index contributed by atoms with van der Waals surface area (Å²) in [5.41, 5.74) is 1.81. The van der Waals surface area contributed by atoms with E-state index in [2.05, 4.69) is 15.6 Å². The van der Waals surface area contributed by atoms with E-state index < -0.39 is 5.97 Å². The van der Waals surface area contributed by atoms with Crippen molar-refractivity contribution in [3.63, 3.8) is 0 Å². The lowest BCUT2D eigenvalue weighted by Crippen LogP contribution is -2.28. The Kier molecular flexibility index (Phi) is 4.89. The molecular weight excluding hydrogens is 290 g/mol. The predicted molar refractivity (Wildman–Crippen MR) is 80.8 cm³/mol. The number of carboxylic acid groups (broad SMARTS) is 1. The van der Waals surface area contributed by atoms with Gasteiger partial charge in [0.05, 0.1) is 6.54 Å². The summed E-state index contributed by atoms with van der Waals surface area (Å²) in [5, 5.41) is 16.2. The van der Waals surface area contributed by atoms with Gasteiger partial charge in [0.1, 0.15) is 5.01 Å². The standard InChI is InChI=1S/C14H15N3O3S/c1-2-9-5-3-4-6-10(9)17-14(20)15-7-12-16-11(8-21-12)13(18)19/h3-6,8H,2,7H2,1H3,(H,18,19)(H2,15,17,20). The molecule has 0 fully saturated rings. The van der Waals surface area contributed by atoms with Crippen molar-refractivity contribution in [1.82, 2.24) is 10.3 Å². The summed E-state index contributed by atoms with van der Waals surface area (Å²) in [6, 6.07) is 7.22. The van der Waals surface area contributed by atoms with Gasteiger partial charge in [0.15, 0.2) is 5.69 Å². The number of benzene rings is 1. The highest BCUT2D eigenvalue weighted by Crippen LogP contribution is 2.15. The highest BCUT2D eigenvalue weighted by Gasteiger charge is 2.10. The van der Waals surface area contributed by atoms with Crippen molar-refractivity contribution in [2.75, 3.05) is 5.32 Å². The van der Waals surface area contributed by atoms with E-state index in [4.69, 9.17) is 5.11 Å². The molecule has 2 amide bonds. The number of carbonyl (C=O) groups excluding carboxylic acids is 1. The van der Waals surface area contributed by atoms with Crippen LogP contribution in [0.25, 0.3) is 0 Å². The number of carbonyl (C=O) groups is 2. The van der Waals surface area contributed by atoms with Crippen LogP contribution >= 0.6 is 11.3 Å². The van der Waals surface area contributed by atoms with E-state index >= 15 is 0 Å². The fourth-order valence-electron chi connectivity index (χ4n) is 1.76. The van der Waals surface area contributed by atoms with Crippen LogP contribution in [0.15, 0.2) is 29.6 Å². The maximum atomic E-state index is 11.8. The largest absolute Gasteiger partial charge is 0.476 e. The Bertz CT molecular complexity index is 654. The zero-order valence-corrected chi connectivity index (χ0v) is 12.2. The van der Waals surface area contributed by atoms with Crippen LogP contribution in [-0.4, -0.2) is 22.1 Å². The lowest BCUT2D eigenvalue weighted by atomic mass is 10.1. The van der Waals surface area contributed by atoms with Gasteiger partial charge in [-0.15, -0.1) is 11.3 Å². The average Bonchev–Trinajstić information content (AvgIpc) is 2.95. The van der Waals surface area contributed by atoms with Crippen molar-refractivity contribution in [3.8, 4) is 0 Å². The smallest absolute Gasteiger partial charge is 0.355 e. The Morgan fingerprint density at radius 3 is 2.76 bits per heavy atom. The molecule has 3 N–H and O–H groups in total. The number of hydrogen-bond acceptors (Lipinski definition) is 4. The number of amides is 2. The van der Waals surface area contributed by atoms with Crippen LogP contribution in [0.5, 0.6) is 0 Å². The van der Waals surface area contributed by atoms with Gasteiger partial charge in [0.25, 0.3) is 0 Å². The quantitative estimate of drug-likeness (QED) is 0.792. The van der Waals surface area contributed by atoms with Crippen LogP contribution < -0.4 is 10.6 Å². The Morgan fingerprint density at radius 1 is 1.33 bits per heavy atom. The van der Waals surface area contributed by atoms with Crippen LogP contribution in [-0.2, 0) is 13.0 Å². The Hall–Kier alpha value is -2.41. The highest BCUT2D eigenvalue weighted by molar-refractivity contribution is 7.09. The van der Waals surface area contributed by atoms with Gasteiger partial charge in [0.2, 0.25) is 0 Å². The van der Waals surface area contributed by atoms with Crippen LogP contribution in [0.1, 0.15) is 28.0 Å². The number of rotatable bonds is 5. The zero-order valence-electron chi connectivity index (χ0n) is 11.4. The molecule has 0 aliphatic carbocycles. The minimum absolute atomic E-state index is 0.00598. The molecule has 0 saturated carbocycles. The third kappa shape index (κ3) is 4.03. The normalized spacial score (nSPS) is 10.1. The van der Waals surface area contributed by atoms with Crippen LogP contribution in [0, 0.1) is 0 Å². The molecule has 2 aromatic rings. The molecule has 0 spiro atoms. The number of para-hydroxylation sites is 1. The molecule has 0 unspecified atom stereocenters. The molecule has 0 atom stereocenters. The lowest BCUT2D eigenvalue weighted by molar-refractivity contribution is 0.0691. The molecule has 6 nitrogen and oxygen atoms in total. The van der Waals surface area contributed by atoms with E-state index in [1.54, 1.807) is 0 Å². The fourth-order valence-corrected chi connectivity index (χ4v) is 2.47. The summed E-state index contributed by atoms with van der Waals surface area (Å²) in [6.45, 7) is 2.21. The second-order valence-corrected chi connectivity index (χ2v) is 5.19. The van der Waals surface area contributed by atoms with E-state index in [-0.39, 0.29) is 18.3 Å². The Labute approximate surface area is 125 Å². The minimum Gasteiger partial charge on any atom is -0.476 e. The molecule has 1 heterocycles. The summed E-state index contributed by atoms with van der Waals surface area (Å²) in [5.74, 6) is -1.07. The number of thiazole rings is 1. The number of nitrogens with zero attached hydrogens (tertiary/aromatic N) is 1. The monoisotopic (exact) mass is 305 g/mol. The van der Waals surface area contributed by atoms with E-state index in [1.807, 2.05) is 31.2 Å². The van der Waals surface area contributed by atoms with E-state index in [9.17, 15) is 9.59 Å². The van der Waals surface area contributed by atoms with Crippen molar-refractivity contribution in [2.24, 2.45) is 0 Å². The van der Waals surface area contributed by atoms with Crippen molar-refractivity contribution in [1.29, 1.82) is 0 Å². The van der Waals surface area contributed by atoms with Crippen molar-refractivity contribution < 1.29 is 14.7 Å². The van der Waals surface area contributed by atoms with Crippen LogP contribution in [0.2, 0.25) is 0 Å². The van der Waals surface area contributed by atoms with E-state index in [1.165, 1.54) is 16.7 Å². The first-order valence-corrected chi connectivity index (χ1v) is 7.28. The summed E-state index contributed by atoms with van der Waals surface area (Å²) >= 11 is 1.20. The van der Waals surface area contributed by atoms with Crippen molar-refractivity contribution in [3.05, 3.63) is 45.9 Å². The first kappa shape index (κ1) is 15.0. The first-order valence-electron chi connectivity index (χ1n) is 6.40. The molecule has 0 saturated heterocycles. The summed E-state index contributed by atoms with van der Waals surface area (Å²) < 4.78 is 0. The van der Waals surface area contributed by atoms with Crippen LogP contribution in [0.4, 0.5) is 10.5 Å². The number of anilines is 1. The SMILES string of the molecule is CCc1ccccc1NC(=O)NCc1nc(C(=O)O)cs1. The second-order valence-electron chi connectivity index (χ2n) is 4.25. The minimum atomic E-state index is -1.07. The Morgan fingerprint density at radius 2 is 2.10 bits per heavy atom. The third-order valence-electron chi connectivity index (χ3n) is 2.82. The molecule has 0 radical (unpaired) electrons. The summed E-state index contributed by atoms with van der Waals surface area (Å²) in [7, 11) is 0. The molecular formula is C14H15N3O3S. The van der Waals surface area contributed by atoms with Gasteiger partial charge in [-0.25, -0.2) is 14.6 Å². The fraction of sp³-hybridized carbons (Fsp3) is 0.214. The van der Waals surface area contributed by atoms with Gasteiger partial charge in [0, 0.05) is 11.1 Å². The number of urea groups is 1. The van der Waals surface area contributed by atoms with Crippen molar-refractivity contribution >= 4 is 29.0 Å². The van der Waals surface area contributed by atoms with Gasteiger partial charge in [-0.1, -0.05) is 25.1 Å². The third-order valence-corrected chi connectivity index (χ3v) is 3.67. The Balaban J connectivity index is 1.91. The van der Waals surface area contributed by atoms with Gasteiger partial charge < -0.3 is 15.7 Å². The van der Waals surface area contributed by atoms with Gasteiger partial charge >= 0.3 is 12.0 Å². The highest BCUT2D eigenvalue weighted by atomic mass is 32.1. The maximum Gasteiger partial charge on any atom is 0.355 e. The number of aryl methyl sites for hydroxylation is 1. The molecule has 1 aromatic carbocycles. The number of hydrogen-bond donors (Lipinski definition) is 3. The molecule has 110 valence electrons. The molecule has 0 aliphatic rings. The lowest BCUT2D eigenvalue weighted by Gasteiger charge is -2.10. The van der Waals surface area contributed by atoms with E-state index in [0.717, 1.165) is 17.7 Å². The first-order chi connectivity index (χ1) is 10.1. The van der Waals surface area contributed by atoms with Crippen LogP contribution in [0.3, 0.4) is 0 Å². The number of nitrogens with one attached hydrogen (secondary N) is 2. The maximum absolute atomic E-state index is 11.8. The van der Waals surface area contributed by atoms with E-state index in [0.29, 0.717) is 5.01 Å². The number of carboxylic acids is 1. The average molecular weight is 305 g/mol. The van der Waals surface area contributed by atoms with Gasteiger partial charge in [-0.05, 0) is 18.1 Å². The second kappa shape index (κ2) is 6.85. The zero-order chi connectivity index (χ0) is 15.2. The number of aromatic nitrogens is 1. The molecule has 1 aromatic heterocycles. The topological polar surface area (TPSA) is 91.3 Å². The molecule has 0 aliphatic heterocycles. The van der Waals surface area contributed by atoms with Gasteiger partial charge in [-0.2, -0.15) is 0 Å². The summed E-state index contributed by atoms with van der Waals surface area (Å²) in [6.07, 6.45) is 0.824. The van der Waals surface area contributed by atoms with Crippen molar-refractivity contribution in [2.45, 2.75) is 19.9 Å². The molecule has 21 heavy (non-hydrogen) atoms. The molecule has 0 bridgehead atoms. The molecule has 2 rings (SSSR count).